The Hall–Kier alpha value is -5.35. The maximum Gasteiger partial charge on any atom is 0.323 e. The fraction of sp³-hybridized carbons (Fsp3) is 0.417. The molecule has 4 aliphatic rings. The molecule has 2 aromatic heterocycles. The molecule has 3 aromatic rings. The Labute approximate surface area is 303 Å². The second-order valence-electron chi connectivity index (χ2n) is 13.9. The van der Waals surface area contributed by atoms with Crippen molar-refractivity contribution < 1.29 is 29.4 Å². The molecular weight excluding hydrogens is 663 g/mol. The van der Waals surface area contributed by atoms with E-state index in [-0.39, 0.29) is 52.7 Å². The van der Waals surface area contributed by atoms with E-state index < -0.39 is 5.62 Å². The number of fused-ring (bicyclic) bond motifs is 3. The molecule has 3 aliphatic heterocycles. The van der Waals surface area contributed by atoms with E-state index in [2.05, 4.69) is 22.1 Å². The van der Waals surface area contributed by atoms with Gasteiger partial charge in [0.25, 0.3) is 11.6 Å². The number of nitrogens with two attached hydrogens (primary N) is 2. The van der Waals surface area contributed by atoms with Crippen LogP contribution in [0.2, 0.25) is 0 Å². The number of pyridine rings is 1. The number of amides is 2. The number of hydrogen-bond donors (Lipinski definition) is 5. The molecule has 2 radical (unpaired) electrons. The van der Waals surface area contributed by atoms with Crippen molar-refractivity contribution in [3.63, 3.8) is 0 Å². The molecule has 2 amide bonds. The van der Waals surface area contributed by atoms with Gasteiger partial charge >= 0.3 is 11.6 Å². The van der Waals surface area contributed by atoms with Crippen LogP contribution in [0.5, 0.6) is 0 Å². The number of carbonyl (C=O) groups is 2. The number of likely N-dealkylation sites (tertiary alicyclic amines) is 2. The summed E-state index contributed by atoms with van der Waals surface area (Å²) in [4.78, 5) is 40.8. The Balaban J connectivity index is 1.14. The normalized spacial score (nSPS) is 20.9. The van der Waals surface area contributed by atoms with Crippen LogP contribution < -0.4 is 31.3 Å². The van der Waals surface area contributed by atoms with Crippen LogP contribution in [0.4, 0.5) is 11.4 Å². The van der Waals surface area contributed by atoms with Crippen LogP contribution in [0.3, 0.4) is 0 Å². The summed E-state index contributed by atoms with van der Waals surface area (Å²) in [6.45, 7) is 4.24. The van der Waals surface area contributed by atoms with Crippen LogP contribution in [0, 0.1) is 5.92 Å². The van der Waals surface area contributed by atoms with Crippen molar-refractivity contribution in [2.45, 2.75) is 50.3 Å². The Morgan fingerprint density at radius 2 is 1.85 bits per heavy atom. The highest BCUT2D eigenvalue weighted by atomic mass is 16.6. The minimum absolute atomic E-state index is 0.0153. The smallest absolute Gasteiger partial charge is 0.323 e. The standard InChI is InChI=1S/C36H43BN10O5/c1-21-32-25(24-8-6-9-27(33(24)43(21)2)41-28(26(38)20-48)16-31(39)42-34(49)22-12-13-22)17-40-46(32)23-18-45(19-23)36(37,51)30-11-7-10-29(47(30)52-3)35(50)44-14-4-5-15-44/h6-11,16-17,20-23,38,51H,4-5,12-15,18-19H2,1-3H3,(H4,39,41,42,49,50)/p+1. The van der Waals surface area contributed by atoms with Crippen LogP contribution in [-0.4, -0.2) is 95.6 Å². The van der Waals surface area contributed by atoms with Crippen molar-refractivity contribution in [1.82, 2.24) is 19.6 Å². The van der Waals surface area contributed by atoms with Crippen molar-refractivity contribution in [2.75, 3.05) is 50.6 Å². The Morgan fingerprint density at radius 1 is 1.13 bits per heavy atom. The van der Waals surface area contributed by atoms with Crippen molar-refractivity contribution in [3.8, 4) is 11.1 Å². The first-order valence-electron chi connectivity index (χ1n) is 17.5. The molecule has 3 fully saturated rings. The lowest BCUT2D eigenvalue weighted by molar-refractivity contribution is -0.895. The average molecular weight is 708 g/mol. The third-order valence-corrected chi connectivity index (χ3v) is 10.5. The molecule has 2 unspecified atom stereocenters. The highest BCUT2D eigenvalue weighted by molar-refractivity contribution is 6.14. The number of nitrogens with zero attached hydrogens (tertiary/aromatic N) is 7. The highest BCUT2D eigenvalue weighted by Gasteiger charge is 2.49. The minimum Gasteiger partial charge on any atom is -0.513 e. The first-order chi connectivity index (χ1) is 24.9. The molecule has 270 valence electrons. The van der Waals surface area contributed by atoms with E-state index in [9.17, 15) is 19.8 Å². The predicted molar refractivity (Wildman–Crippen MR) is 195 cm³/mol. The quantitative estimate of drug-likeness (QED) is 0.0512. The van der Waals surface area contributed by atoms with Crippen molar-refractivity contribution in [2.24, 2.45) is 22.4 Å². The average Bonchev–Trinajstić information content (AvgIpc) is 3.65. The molecular formula is C36H44BN10O5+. The SMILES string of the molecule is [B]C(O)(c1cccc(C(=O)N2CCCC2)[n+]1OC)N1CC(n2ncc3c2C(C)N(C)c2c(NC(=C/C(N)=NC(=O)C4CC4)/C(N)=C\O)cccc2-3)C1. The number of nitrogens with one attached hydrogen (secondary N) is 1. The zero-order chi connectivity index (χ0) is 36.9. The number of hydrogen-bond acceptors (Lipinski definition) is 10. The lowest BCUT2D eigenvalue weighted by Crippen LogP contribution is -2.65. The van der Waals surface area contributed by atoms with E-state index in [4.69, 9.17) is 29.2 Å². The van der Waals surface area contributed by atoms with Crippen molar-refractivity contribution in [1.29, 1.82) is 0 Å². The Bertz CT molecular complexity index is 1990. The number of aliphatic hydroxyl groups is 2. The monoisotopic (exact) mass is 707 g/mol. The topological polar surface area (TPSA) is 192 Å². The van der Waals surface area contributed by atoms with E-state index in [1.54, 1.807) is 28.0 Å². The fourth-order valence-electron chi connectivity index (χ4n) is 7.30. The number of carbonyl (C=O) groups excluding carboxylic acids is 2. The van der Waals surface area contributed by atoms with Crippen LogP contribution in [0.15, 0.2) is 71.3 Å². The van der Waals surface area contributed by atoms with Crippen LogP contribution >= 0.6 is 0 Å². The second-order valence-corrected chi connectivity index (χ2v) is 13.9. The van der Waals surface area contributed by atoms with E-state index in [0.717, 1.165) is 54.5 Å². The molecule has 1 aliphatic carbocycles. The van der Waals surface area contributed by atoms with Gasteiger partial charge in [0.1, 0.15) is 19.2 Å². The third-order valence-electron chi connectivity index (χ3n) is 10.5. The number of aliphatic hydroxyl groups excluding tert-OH is 1. The molecule has 7 N–H and O–H groups in total. The van der Waals surface area contributed by atoms with Crippen LogP contribution in [0.1, 0.15) is 66.6 Å². The zero-order valence-corrected chi connectivity index (χ0v) is 29.6. The number of aliphatic imine (C=N–C) groups is 1. The number of rotatable bonds is 10. The third kappa shape index (κ3) is 6.15. The molecule has 2 saturated heterocycles. The van der Waals surface area contributed by atoms with Gasteiger partial charge in [0.05, 0.1) is 46.7 Å². The van der Waals surface area contributed by atoms with Gasteiger partial charge in [0, 0.05) is 73.2 Å². The van der Waals surface area contributed by atoms with Gasteiger partial charge in [-0.3, -0.25) is 24.0 Å². The number of amidine groups is 1. The van der Waals surface area contributed by atoms with Crippen molar-refractivity contribution >= 4 is 36.9 Å². The summed E-state index contributed by atoms with van der Waals surface area (Å²) in [5.41, 5.74) is 15.6. The summed E-state index contributed by atoms with van der Waals surface area (Å²) in [5.74, 6) is -0.533. The summed E-state index contributed by atoms with van der Waals surface area (Å²) in [6.07, 6.45) is 7.57. The number of benzene rings is 1. The van der Waals surface area contributed by atoms with E-state index in [1.807, 2.05) is 36.1 Å². The summed E-state index contributed by atoms with van der Waals surface area (Å²) in [6, 6.07) is 10.6. The molecule has 0 bridgehead atoms. The summed E-state index contributed by atoms with van der Waals surface area (Å²) < 4.78 is 3.32. The molecule has 52 heavy (non-hydrogen) atoms. The molecule has 5 heterocycles. The van der Waals surface area contributed by atoms with E-state index >= 15 is 0 Å². The van der Waals surface area contributed by atoms with Gasteiger partial charge < -0.3 is 36.8 Å². The molecule has 2 atom stereocenters. The van der Waals surface area contributed by atoms with E-state index in [0.29, 0.717) is 37.6 Å². The van der Waals surface area contributed by atoms with Gasteiger partial charge in [0.15, 0.2) is 13.5 Å². The maximum atomic E-state index is 13.3. The minimum atomic E-state index is -1.92. The molecule has 15 nitrogen and oxygen atoms in total. The summed E-state index contributed by atoms with van der Waals surface area (Å²) in [7, 11) is 10.0. The van der Waals surface area contributed by atoms with Gasteiger partial charge in [-0.15, -0.1) is 0 Å². The lowest BCUT2D eigenvalue weighted by atomic mass is 9.82. The highest BCUT2D eigenvalue weighted by Crippen LogP contribution is 2.49. The fourth-order valence-corrected chi connectivity index (χ4v) is 7.30. The Morgan fingerprint density at radius 3 is 2.52 bits per heavy atom. The zero-order valence-electron chi connectivity index (χ0n) is 29.6. The molecule has 1 saturated carbocycles. The molecule has 16 heteroatoms. The van der Waals surface area contributed by atoms with Crippen molar-refractivity contribution in [3.05, 3.63) is 83.4 Å². The van der Waals surface area contributed by atoms with Gasteiger partial charge in [-0.2, -0.15) is 10.1 Å². The van der Waals surface area contributed by atoms with Gasteiger partial charge in [-0.1, -0.05) is 12.1 Å². The number of aromatic nitrogens is 3. The van der Waals surface area contributed by atoms with Crippen LogP contribution in [-0.2, 0) is 10.4 Å². The molecule has 7 rings (SSSR count). The lowest BCUT2D eigenvalue weighted by Gasteiger charge is -2.47. The first-order valence-corrected chi connectivity index (χ1v) is 17.5. The summed E-state index contributed by atoms with van der Waals surface area (Å²) in [5, 5.41) is 29.6. The number of para-hydroxylation sites is 1. The predicted octanol–water partition coefficient (Wildman–Crippen LogP) is 1.42. The van der Waals surface area contributed by atoms with E-state index in [1.165, 1.54) is 17.9 Å². The first kappa shape index (κ1) is 35.1. The maximum absolute atomic E-state index is 13.3. The molecule has 1 aromatic carbocycles. The number of anilines is 2. The Kier molecular flexibility index (Phi) is 9.21. The van der Waals surface area contributed by atoms with Crippen LogP contribution in [0.25, 0.3) is 11.1 Å². The van der Waals surface area contributed by atoms with Gasteiger partial charge in [0.2, 0.25) is 0 Å². The van der Waals surface area contributed by atoms with Gasteiger partial charge in [-0.05, 0) is 44.7 Å². The molecule has 0 spiro atoms. The second kappa shape index (κ2) is 13.7. The summed E-state index contributed by atoms with van der Waals surface area (Å²) >= 11 is 0. The largest absolute Gasteiger partial charge is 0.513 e. The van der Waals surface area contributed by atoms with Gasteiger partial charge in [-0.25, -0.2) is 0 Å².